The SMILES string of the molecule is CC(=O)SCC(=Cc1ccc(N)cc1C#N)B1OC(C)(C)C(C)(C)O1. The van der Waals surface area contributed by atoms with Crippen molar-refractivity contribution in [1.29, 1.82) is 5.26 Å². The van der Waals surface area contributed by atoms with Crippen LogP contribution in [0.15, 0.2) is 23.7 Å². The zero-order valence-electron chi connectivity index (χ0n) is 15.3. The first kappa shape index (κ1) is 19.6. The molecule has 7 heteroatoms. The molecule has 1 aliphatic rings. The highest BCUT2D eigenvalue weighted by molar-refractivity contribution is 8.13. The molecule has 1 heterocycles. The first-order chi connectivity index (χ1) is 11.6. The fourth-order valence-electron chi connectivity index (χ4n) is 2.35. The van der Waals surface area contributed by atoms with Crippen molar-refractivity contribution in [2.45, 2.75) is 45.8 Å². The summed E-state index contributed by atoms with van der Waals surface area (Å²) < 4.78 is 12.2. The lowest BCUT2D eigenvalue weighted by Gasteiger charge is -2.32. The maximum absolute atomic E-state index is 11.4. The normalized spacial score (nSPS) is 18.9. The summed E-state index contributed by atoms with van der Waals surface area (Å²) in [5.74, 6) is 0.432. The molecule has 0 atom stereocenters. The van der Waals surface area contributed by atoms with Crippen molar-refractivity contribution in [3.8, 4) is 6.07 Å². The molecule has 5 nitrogen and oxygen atoms in total. The number of nitriles is 1. The number of nitrogens with zero attached hydrogens (tertiary/aromatic N) is 1. The van der Waals surface area contributed by atoms with Crippen LogP contribution in [0.5, 0.6) is 0 Å². The molecule has 1 saturated heterocycles. The van der Waals surface area contributed by atoms with Gasteiger partial charge in [-0.05, 0) is 50.9 Å². The van der Waals surface area contributed by atoms with Crippen LogP contribution in [-0.4, -0.2) is 29.2 Å². The van der Waals surface area contributed by atoms with E-state index in [1.54, 1.807) is 18.2 Å². The van der Waals surface area contributed by atoms with Crippen molar-refractivity contribution in [1.82, 2.24) is 0 Å². The summed E-state index contributed by atoms with van der Waals surface area (Å²) in [5, 5.41) is 9.36. The number of anilines is 1. The fourth-order valence-corrected chi connectivity index (χ4v) is 2.94. The lowest BCUT2D eigenvalue weighted by atomic mass is 9.78. The second-order valence-electron chi connectivity index (χ2n) is 7.05. The zero-order chi connectivity index (χ0) is 18.8. The van der Waals surface area contributed by atoms with Gasteiger partial charge in [-0.25, -0.2) is 0 Å². The van der Waals surface area contributed by atoms with E-state index >= 15 is 0 Å². The predicted octanol–water partition coefficient (Wildman–Crippen LogP) is 3.43. The van der Waals surface area contributed by atoms with Gasteiger partial charge in [0.25, 0.3) is 0 Å². The quantitative estimate of drug-likeness (QED) is 0.656. The highest BCUT2D eigenvalue weighted by atomic mass is 32.2. The van der Waals surface area contributed by atoms with E-state index in [0.717, 1.165) is 11.0 Å². The smallest absolute Gasteiger partial charge is 0.400 e. The molecular weight excluding hydrogens is 335 g/mol. The van der Waals surface area contributed by atoms with Crippen molar-refractivity contribution >= 4 is 35.8 Å². The van der Waals surface area contributed by atoms with Crippen LogP contribution in [0.25, 0.3) is 6.08 Å². The van der Waals surface area contributed by atoms with Crippen molar-refractivity contribution < 1.29 is 14.1 Å². The highest BCUT2D eigenvalue weighted by Gasteiger charge is 2.52. The van der Waals surface area contributed by atoms with E-state index in [-0.39, 0.29) is 5.12 Å². The minimum atomic E-state index is -0.569. The number of carbonyl (C=O) groups is 1. The first-order valence-corrected chi connectivity index (χ1v) is 9.03. The minimum absolute atomic E-state index is 0.0141. The molecule has 0 spiro atoms. The fraction of sp³-hybridized carbons (Fsp3) is 0.444. The molecule has 1 aliphatic heterocycles. The lowest BCUT2D eigenvalue weighted by Crippen LogP contribution is -2.41. The van der Waals surface area contributed by atoms with Gasteiger partial charge >= 0.3 is 7.12 Å². The molecule has 0 radical (unpaired) electrons. The zero-order valence-corrected chi connectivity index (χ0v) is 16.1. The Labute approximate surface area is 153 Å². The highest BCUT2D eigenvalue weighted by Crippen LogP contribution is 2.39. The standard InChI is InChI=1S/C18H23BN2O3S/c1-12(22)25-11-15(19-23-17(2,3)18(4,5)24-19)8-13-6-7-16(21)9-14(13)10-20/h6-9H,11,21H2,1-5H3. The third-order valence-electron chi connectivity index (χ3n) is 4.54. The number of thioether (sulfide) groups is 1. The van der Waals surface area contributed by atoms with Crippen molar-refractivity contribution in [3.05, 3.63) is 34.8 Å². The Morgan fingerprint density at radius 2 is 1.92 bits per heavy atom. The first-order valence-electron chi connectivity index (χ1n) is 8.05. The van der Waals surface area contributed by atoms with Crippen LogP contribution in [-0.2, 0) is 14.1 Å². The van der Waals surface area contributed by atoms with Gasteiger partial charge < -0.3 is 15.0 Å². The number of hydrogen-bond acceptors (Lipinski definition) is 6. The average Bonchev–Trinajstić information content (AvgIpc) is 2.72. The number of benzene rings is 1. The van der Waals surface area contributed by atoms with E-state index < -0.39 is 18.3 Å². The molecule has 132 valence electrons. The lowest BCUT2D eigenvalue weighted by molar-refractivity contribution is -0.109. The monoisotopic (exact) mass is 358 g/mol. The number of rotatable bonds is 4. The number of carbonyl (C=O) groups excluding carboxylic acids is 1. The topological polar surface area (TPSA) is 85.3 Å². The van der Waals surface area contributed by atoms with Crippen LogP contribution < -0.4 is 5.73 Å². The Morgan fingerprint density at radius 3 is 2.44 bits per heavy atom. The van der Waals surface area contributed by atoms with E-state index in [9.17, 15) is 10.1 Å². The van der Waals surface area contributed by atoms with Gasteiger partial charge in [0.05, 0.1) is 22.8 Å². The van der Waals surface area contributed by atoms with E-state index in [4.69, 9.17) is 15.0 Å². The van der Waals surface area contributed by atoms with Crippen LogP contribution in [0.1, 0.15) is 45.7 Å². The van der Waals surface area contributed by atoms with E-state index in [0.29, 0.717) is 17.0 Å². The summed E-state index contributed by atoms with van der Waals surface area (Å²) in [7, 11) is -0.569. The molecule has 0 aromatic heterocycles. The van der Waals surface area contributed by atoms with Crippen LogP contribution >= 0.6 is 11.8 Å². The Kier molecular flexibility index (Phi) is 5.67. The summed E-state index contributed by atoms with van der Waals surface area (Å²) in [5.41, 5.74) is 7.34. The number of hydrogen-bond donors (Lipinski definition) is 1. The van der Waals surface area contributed by atoms with Crippen LogP contribution in [0, 0.1) is 11.3 Å². The largest absolute Gasteiger partial charge is 0.491 e. The third kappa shape index (κ3) is 4.46. The van der Waals surface area contributed by atoms with E-state index in [1.165, 1.54) is 18.7 Å². The van der Waals surface area contributed by atoms with Crippen molar-refractivity contribution in [2.24, 2.45) is 0 Å². The van der Waals surface area contributed by atoms with E-state index in [2.05, 4.69) is 6.07 Å². The molecule has 2 N–H and O–H groups in total. The number of nitrogens with two attached hydrogens (primary N) is 1. The van der Waals surface area contributed by atoms with Crippen LogP contribution in [0.2, 0.25) is 0 Å². The van der Waals surface area contributed by atoms with Gasteiger partial charge in [0, 0.05) is 18.4 Å². The van der Waals surface area contributed by atoms with Gasteiger partial charge in [-0.3, -0.25) is 4.79 Å². The second kappa shape index (κ2) is 7.24. The summed E-state index contributed by atoms with van der Waals surface area (Å²) in [4.78, 5) is 11.4. The minimum Gasteiger partial charge on any atom is -0.400 e. The molecular formula is C18H23BN2O3S. The van der Waals surface area contributed by atoms with E-state index in [1.807, 2.05) is 33.8 Å². The molecule has 1 aromatic carbocycles. The molecule has 1 fully saturated rings. The van der Waals surface area contributed by atoms with Gasteiger partial charge in [0.1, 0.15) is 0 Å². The number of nitrogen functional groups attached to an aromatic ring is 1. The second-order valence-corrected chi connectivity index (χ2v) is 8.20. The Hall–Kier alpha value is -1.75. The molecule has 0 saturated carbocycles. The molecule has 0 bridgehead atoms. The molecule has 0 amide bonds. The molecule has 25 heavy (non-hydrogen) atoms. The molecule has 1 aromatic rings. The molecule has 0 unspecified atom stereocenters. The molecule has 2 rings (SSSR count). The maximum atomic E-state index is 11.4. The summed E-state index contributed by atoms with van der Waals surface area (Å²) in [6.07, 6.45) is 1.86. The van der Waals surface area contributed by atoms with Crippen molar-refractivity contribution in [3.63, 3.8) is 0 Å². The Balaban J connectivity index is 2.41. The van der Waals surface area contributed by atoms with Crippen molar-refractivity contribution in [2.75, 3.05) is 11.5 Å². The van der Waals surface area contributed by atoms with Crippen LogP contribution in [0.4, 0.5) is 5.69 Å². The summed E-state index contributed by atoms with van der Waals surface area (Å²) in [6.45, 7) is 9.44. The predicted molar refractivity (Wildman–Crippen MR) is 103 cm³/mol. The average molecular weight is 358 g/mol. The van der Waals surface area contributed by atoms with Gasteiger partial charge in [-0.1, -0.05) is 23.9 Å². The van der Waals surface area contributed by atoms with Gasteiger partial charge in [-0.15, -0.1) is 0 Å². The van der Waals surface area contributed by atoms with Crippen LogP contribution in [0.3, 0.4) is 0 Å². The van der Waals surface area contributed by atoms with Gasteiger partial charge in [-0.2, -0.15) is 5.26 Å². The summed E-state index contributed by atoms with van der Waals surface area (Å²) >= 11 is 1.19. The summed E-state index contributed by atoms with van der Waals surface area (Å²) in [6, 6.07) is 7.31. The van der Waals surface area contributed by atoms with Gasteiger partial charge in [0.2, 0.25) is 0 Å². The van der Waals surface area contributed by atoms with Gasteiger partial charge in [0.15, 0.2) is 5.12 Å². The third-order valence-corrected chi connectivity index (χ3v) is 5.42. The Morgan fingerprint density at radius 1 is 1.32 bits per heavy atom. The Bertz CT molecular complexity index is 737. The maximum Gasteiger partial charge on any atom is 0.491 e. The molecule has 0 aliphatic carbocycles.